The van der Waals surface area contributed by atoms with Crippen molar-refractivity contribution in [2.75, 3.05) is 7.11 Å². The van der Waals surface area contributed by atoms with Crippen molar-refractivity contribution in [3.63, 3.8) is 0 Å². The normalized spacial score (nSPS) is 34.5. The molecule has 1 N–H and O–H groups in total. The highest BCUT2D eigenvalue weighted by Gasteiger charge is 2.42. The van der Waals surface area contributed by atoms with E-state index in [4.69, 9.17) is 11.2 Å². The van der Waals surface area contributed by atoms with Crippen LogP contribution in [0.4, 0.5) is 0 Å². The number of rotatable bonds is 3. The van der Waals surface area contributed by atoms with Crippen LogP contribution in [0.25, 0.3) is 0 Å². The molecule has 0 heterocycles. The third-order valence-electron chi connectivity index (χ3n) is 3.17. The molecule has 0 unspecified atom stereocenters. The van der Waals surface area contributed by atoms with Crippen LogP contribution < -0.4 is 0 Å². The molecule has 1 fully saturated rings. The van der Waals surface area contributed by atoms with Gasteiger partial charge >= 0.3 is 0 Å². The average Bonchev–Trinajstić information content (AvgIpc) is 2.27. The number of hydrogen-bond donors (Lipinski definition) is 1. The van der Waals surface area contributed by atoms with Gasteiger partial charge in [-0.1, -0.05) is 18.4 Å². The summed E-state index contributed by atoms with van der Waals surface area (Å²) in [5.41, 5.74) is -0.591. The molecule has 14 heavy (non-hydrogen) atoms. The summed E-state index contributed by atoms with van der Waals surface area (Å²) >= 11 is 0. The van der Waals surface area contributed by atoms with E-state index in [0.29, 0.717) is 0 Å². The summed E-state index contributed by atoms with van der Waals surface area (Å²) in [7, 11) is 1.62. The second-order valence-electron chi connectivity index (χ2n) is 3.82. The van der Waals surface area contributed by atoms with E-state index < -0.39 is 11.7 Å². The molecule has 1 aliphatic rings. The van der Waals surface area contributed by atoms with Crippen LogP contribution in [0.15, 0.2) is 12.7 Å². The van der Waals surface area contributed by atoms with Gasteiger partial charge in [-0.2, -0.15) is 0 Å². The molecule has 1 saturated carbocycles. The first kappa shape index (κ1) is 11.3. The summed E-state index contributed by atoms with van der Waals surface area (Å²) in [6.45, 7) is 3.60. The van der Waals surface area contributed by atoms with Gasteiger partial charge in [-0.05, 0) is 19.3 Å². The van der Waals surface area contributed by atoms with Crippen molar-refractivity contribution in [3.8, 4) is 12.3 Å². The van der Waals surface area contributed by atoms with Gasteiger partial charge in [-0.3, -0.25) is 0 Å². The molecular formula is C12H18O2. The lowest BCUT2D eigenvalue weighted by Gasteiger charge is -2.40. The molecule has 0 bridgehead atoms. The summed E-state index contributed by atoms with van der Waals surface area (Å²) in [5, 5.41) is 9.79. The molecule has 0 saturated heterocycles. The maximum absolute atomic E-state index is 9.79. The van der Waals surface area contributed by atoms with Gasteiger partial charge in [0.1, 0.15) is 5.60 Å². The van der Waals surface area contributed by atoms with Crippen LogP contribution in [0.3, 0.4) is 0 Å². The van der Waals surface area contributed by atoms with Crippen molar-refractivity contribution in [2.45, 2.75) is 37.4 Å². The summed E-state index contributed by atoms with van der Waals surface area (Å²) in [6.07, 6.45) is 10.4. The molecule has 3 atom stereocenters. The van der Waals surface area contributed by atoms with Gasteiger partial charge in [0.25, 0.3) is 0 Å². The molecule has 0 amide bonds. The summed E-state index contributed by atoms with van der Waals surface area (Å²) in [6, 6.07) is 0. The minimum atomic E-state index is -0.591. The molecule has 0 spiro atoms. The average molecular weight is 194 g/mol. The Bertz CT molecular complexity index is 241. The Morgan fingerprint density at radius 1 is 1.71 bits per heavy atom. The summed E-state index contributed by atoms with van der Waals surface area (Å²) in [5.74, 6) is 2.69. The van der Waals surface area contributed by atoms with Crippen LogP contribution in [0.5, 0.6) is 0 Å². The highest BCUT2D eigenvalue weighted by atomic mass is 16.5. The SMILES string of the molecule is C#C[C@@]1(OC)CCCC[C@H]1[C@H](O)C=C. The van der Waals surface area contributed by atoms with Gasteiger partial charge < -0.3 is 9.84 Å². The Hall–Kier alpha value is -0.780. The van der Waals surface area contributed by atoms with E-state index in [1.165, 1.54) is 0 Å². The van der Waals surface area contributed by atoms with E-state index in [1.54, 1.807) is 13.2 Å². The third-order valence-corrected chi connectivity index (χ3v) is 3.17. The Balaban J connectivity index is 2.88. The topological polar surface area (TPSA) is 29.5 Å². The Morgan fingerprint density at radius 2 is 2.43 bits per heavy atom. The zero-order valence-electron chi connectivity index (χ0n) is 8.70. The van der Waals surface area contributed by atoms with Crippen LogP contribution in [0.2, 0.25) is 0 Å². The number of aliphatic hydroxyl groups excluding tert-OH is 1. The van der Waals surface area contributed by atoms with E-state index in [-0.39, 0.29) is 5.92 Å². The first-order chi connectivity index (χ1) is 6.70. The third kappa shape index (κ3) is 1.84. The van der Waals surface area contributed by atoms with Crippen molar-refractivity contribution in [1.29, 1.82) is 0 Å². The zero-order valence-corrected chi connectivity index (χ0v) is 8.70. The van der Waals surface area contributed by atoms with Crippen LogP contribution in [0, 0.1) is 18.3 Å². The predicted molar refractivity (Wildman–Crippen MR) is 56.7 cm³/mol. The van der Waals surface area contributed by atoms with E-state index in [0.717, 1.165) is 25.7 Å². The van der Waals surface area contributed by atoms with Crippen molar-refractivity contribution in [1.82, 2.24) is 0 Å². The van der Waals surface area contributed by atoms with Gasteiger partial charge in [0.15, 0.2) is 0 Å². The van der Waals surface area contributed by atoms with E-state index >= 15 is 0 Å². The Morgan fingerprint density at radius 3 is 2.93 bits per heavy atom. The van der Waals surface area contributed by atoms with Gasteiger partial charge in [0.2, 0.25) is 0 Å². The van der Waals surface area contributed by atoms with Crippen LogP contribution in [-0.2, 0) is 4.74 Å². The molecular weight excluding hydrogens is 176 g/mol. The smallest absolute Gasteiger partial charge is 0.133 e. The van der Waals surface area contributed by atoms with Gasteiger partial charge in [-0.15, -0.1) is 13.0 Å². The first-order valence-corrected chi connectivity index (χ1v) is 5.03. The van der Waals surface area contributed by atoms with Crippen molar-refractivity contribution in [2.24, 2.45) is 5.92 Å². The fourth-order valence-electron chi connectivity index (χ4n) is 2.27. The minimum absolute atomic E-state index is 0.0104. The quantitative estimate of drug-likeness (QED) is 0.548. The fourth-order valence-corrected chi connectivity index (χ4v) is 2.27. The number of ether oxygens (including phenoxy) is 1. The molecule has 2 heteroatoms. The standard InChI is InChI=1S/C12H18O2/c1-4-11(13)10-8-6-7-9-12(10,5-2)14-3/h2,4,10-11,13H,1,6-9H2,3H3/t10-,11+,12+/m0/s1. The minimum Gasteiger partial charge on any atom is -0.389 e. The molecule has 78 valence electrons. The van der Waals surface area contributed by atoms with Gasteiger partial charge in [0, 0.05) is 13.0 Å². The molecule has 1 aliphatic carbocycles. The number of terminal acetylenes is 1. The molecule has 0 aromatic rings. The highest BCUT2D eigenvalue weighted by molar-refractivity contribution is 5.16. The molecule has 0 aromatic heterocycles. The monoisotopic (exact) mass is 194 g/mol. The number of hydrogen-bond acceptors (Lipinski definition) is 2. The maximum Gasteiger partial charge on any atom is 0.133 e. The van der Waals surface area contributed by atoms with Crippen LogP contribution in [0.1, 0.15) is 25.7 Å². The molecule has 1 rings (SSSR count). The number of methoxy groups -OCH3 is 1. The molecule has 0 aliphatic heterocycles. The van der Waals surface area contributed by atoms with E-state index in [1.807, 2.05) is 0 Å². The Labute approximate surface area is 86.0 Å². The van der Waals surface area contributed by atoms with Gasteiger partial charge in [-0.25, -0.2) is 0 Å². The second kappa shape index (κ2) is 4.63. The Kier molecular flexibility index (Phi) is 3.74. The van der Waals surface area contributed by atoms with Crippen LogP contribution in [-0.4, -0.2) is 23.9 Å². The van der Waals surface area contributed by atoms with Crippen molar-refractivity contribution < 1.29 is 9.84 Å². The van der Waals surface area contributed by atoms with E-state index in [2.05, 4.69) is 12.5 Å². The lowest BCUT2D eigenvalue weighted by molar-refractivity contribution is -0.0705. The maximum atomic E-state index is 9.79. The summed E-state index contributed by atoms with van der Waals surface area (Å²) in [4.78, 5) is 0. The lowest BCUT2D eigenvalue weighted by Crippen LogP contribution is -2.46. The predicted octanol–water partition coefficient (Wildman–Crippen LogP) is 1.74. The van der Waals surface area contributed by atoms with Crippen molar-refractivity contribution >= 4 is 0 Å². The molecule has 2 nitrogen and oxygen atoms in total. The molecule has 0 aromatic carbocycles. The van der Waals surface area contributed by atoms with Crippen LogP contribution >= 0.6 is 0 Å². The van der Waals surface area contributed by atoms with E-state index in [9.17, 15) is 5.11 Å². The second-order valence-corrected chi connectivity index (χ2v) is 3.82. The highest BCUT2D eigenvalue weighted by Crippen LogP contribution is 2.38. The molecule has 0 radical (unpaired) electrons. The van der Waals surface area contributed by atoms with Crippen molar-refractivity contribution in [3.05, 3.63) is 12.7 Å². The lowest BCUT2D eigenvalue weighted by atomic mass is 9.73. The van der Waals surface area contributed by atoms with Gasteiger partial charge in [0.05, 0.1) is 6.10 Å². The fraction of sp³-hybridized carbons (Fsp3) is 0.667. The first-order valence-electron chi connectivity index (χ1n) is 5.03. The zero-order chi connectivity index (χ0) is 10.6. The summed E-state index contributed by atoms with van der Waals surface area (Å²) < 4.78 is 5.42. The largest absolute Gasteiger partial charge is 0.389 e. The number of aliphatic hydroxyl groups is 1.